The molecule has 0 aliphatic carbocycles. The smallest absolute Gasteiger partial charge is 0.170 e. The van der Waals surface area contributed by atoms with E-state index in [-0.39, 0.29) is 6.29 Å². The molecule has 0 spiro atoms. The average molecular weight is 189 g/mol. The van der Waals surface area contributed by atoms with Gasteiger partial charge in [0.1, 0.15) is 0 Å². The van der Waals surface area contributed by atoms with Crippen LogP contribution in [0, 0.1) is 0 Å². The van der Waals surface area contributed by atoms with Crippen LogP contribution in [0.15, 0.2) is 0 Å². The first kappa shape index (κ1) is 10.9. The summed E-state index contributed by atoms with van der Waals surface area (Å²) in [5.41, 5.74) is 0. The molecule has 0 aromatic carbocycles. The van der Waals surface area contributed by atoms with Crippen molar-refractivity contribution in [2.75, 3.05) is 46.6 Å². The Hall–Kier alpha value is -0.160. The molecule has 78 valence electrons. The lowest BCUT2D eigenvalue weighted by Crippen LogP contribution is -2.32. The van der Waals surface area contributed by atoms with E-state index < -0.39 is 0 Å². The Kier molecular flexibility index (Phi) is 5.31. The molecule has 0 saturated carbocycles. The van der Waals surface area contributed by atoms with Gasteiger partial charge in [-0.1, -0.05) is 0 Å². The van der Waals surface area contributed by atoms with Gasteiger partial charge >= 0.3 is 0 Å². The van der Waals surface area contributed by atoms with Crippen molar-refractivity contribution in [1.29, 1.82) is 0 Å². The summed E-state index contributed by atoms with van der Waals surface area (Å²) >= 11 is 0. The van der Waals surface area contributed by atoms with Crippen LogP contribution in [0.4, 0.5) is 0 Å². The maximum atomic E-state index is 5.33. The molecule has 0 bridgehead atoms. The van der Waals surface area contributed by atoms with E-state index >= 15 is 0 Å². The van der Waals surface area contributed by atoms with Crippen molar-refractivity contribution in [2.24, 2.45) is 0 Å². The molecule has 1 saturated heterocycles. The fraction of sp³-hybridized carbons (Fsp3) is 1.00. The summed E-state index contributed by atoms with van der Waals surface area (Å²) in [7, 11) is 2.05. The quantitative estimate of drug-likeness (QED) is 0.563. The molecule has 0 radical (unpaired) electrons. The normalized spacial score (nSPS) is 18.7. The van der Waals surface area contributed by atoms with Gasteiger partial charge < -0.3 is 14.2 Å². The molecule has 4 heteroatoms. The fourth-order valence-electron chi connectivity index (χ4n) is 1.22. The van der Waals surface area contributed by atoms with Crippen LogP contribution < -0.4 is 0 Å². The highest BCUT2D eigenvalue weighted by Gasteiger charge is 2.17. The SMILES string of the molecule is CCOCCN(C)CC1OCCO1. The lowest BCUT2D eigenvalue weighted by molar-refractivity contribution is -0.0604. The van der Waals surface area contributed by atoms with Crippen molar-refractivity contribution >= 4 is 0 Å². The summed E-state index contributed by atoms with van der Waals surface area (Å²) in [4.78, 5) is 2.16. The van der Waals surface area contributed by atoms with Crippen LogP contribution in [0.2, 0.25) is 0 Å². The van der Waals surface area contributed by atoms with E-state index in [0.717, 1.165) is 39.5 Å². The predicted molar refractivity (Wildman–Crippen MR) is 49.7 cm³/mol. The Morgan fingerprint density at radius 2 is 2.08 bits per heavy atom. The second kappa shape index (κ2) is 6.32. The highest BCUT2D eigenvalue weighted by molar-refractivity contribution is 4.58. The zero-order valence-corrected chi connectivity index (χ0v) is 8.49. The Morgan fingerprint density at radius 1 is 1.38 bits per heavy atom. The maximum absolute atomic E-state index is 5.33. The summed E-state index contributed by atoms with van der Waals surface area (Å²) in [5.74, 6) is 0. The van der Waals surface area contributed by atoms with E-state index in [1.54, 1.807) is 0 Å². The van der Waals surface area contributed by atoms with Gasteiger partial charge in [-0.3, -0.25) is 4.90 Å². The molecule has 0 unspecified atom stereocenters. The van der Waals surface area contributed by atoms with Gasteiger partial charge in [0.15, 0.2) is 6.29 Å². The van der Waals surface area contributed by atoms with Crippen LogP contribution in [0.5, 0.6) is 0 Å². The highest BCUT2D eigenvalue weighted by atomic mass is 16.7. The molecule has 4 nitrogen and oxygen atoms in total. The molecule has 1 aliphatic rings. The number of likely N-dealkylation sites (N-methyl/N-ethyl adjacent to an activating group) is 1. The number of ether oxygens (including phenoxy) is 3. The van der Waals surface area contributed by atoms with Crippen LogP contribution >= 0.6 is 0 Å². The van der Waals surface area contributed by atoms with Crippen molar-refractivity contribution in [1.82, 2.24) is 4.90 Å². The van der Waals surface area contributed by atoms with E-state index in [0.29, 0.717) is 0 Å². The van der Waals surface area contributed by atoms with E-state index in [1.807, 2.05) is 14.0 Å². The summed E-state index contributed by atoms with van der Waals surface area (Å²) in [6.07, 6.45) is -0.0355. The van der Waals surface area contributed by atoms with Gasteiger partial charge in [-0.25, -0.2) is 0 Å². The first-order valence-electron chi connectivity index (χ1n) is 4.82. The molecule has 0 aromatic rings. The molecule has 1 aliphatic heterocycles. The molecular weight excluding hydrogens is 170 g/mol. The van der Waals surface area contributed by atoms with Crippen molar-refractivity contribution in [3.63, 3.8) is 0 Å². The second-order valence-electron chi connectivity index (χ2n) is 3.13. The molecule has 0 amide bonds. The standard InChI is InChI=1S/C9H19NO3/c1-3-11-5-4-10(2)8-9-12-6-7-13-9/h9H,3-8H2,1-2H3. The summed E-state index contributed by atoms with van der Waals surface area (Å²) in [5, 5.41) is 0. The Balaban J connectivity index is 1.99. The molecule has 0 aromatic heterocycles. The molecule has 0 atom stereocenters. The molecule has 1 rings (SSSR count). The zero-order chi connectivity index (χ0) is 9.52. The monoisotopic (exact) mass is 189 g/mol. The Labute approximate surface area is 79.8 Å². The minimum absolute atomic E-state index is 0.0355. The first-order valence-corrected chi connectivity index (χ1v) is 4.82. The Bertz CT molecular complexity index is 126. The molecule has 1 heterocycles. The third kappa shape index (κ3) is 4.57. The number of hydrogen-bond donors (Lipinski definition) is 0. The van der Waals surface area contributed by atoms with Crippen LogP contribution in [0.25, 0.3) is 0 Å². The second-order valence-corrected chi connectivity index (χ2v) is 3.13. The van der Waals surface area contributed by atoms with Gasteiger partial charge in [0, 0.05) is 19.7 Å². The molecule has 0 N–H and O–H groups in total. The summed E-state index contributed by atoms with van der Waals surface area (Å²) in [6.45, 7) is 6.77. The van der Waals surface area contributed by atoms with Gasteiger partial charge in [0.2, 0.25) is 0 Å². The number of nitrogens with zero attached hydrogens (tertiary/aromatic N) is 1. The molecule has 1 fully saturated rings. The summed E-state index contributed by atoms with van der Waals surface area (Å²) < 4.78 is 15.9. The third-order valence-electron chi connectivity index (χ3n) is 1.97. The fourth-order valence-corrected chi connectivity index (χ4v) is 1.22. The number of rotatable bonds is 6. The van der Waals surface area contributed by atoms with E-state index in [1.165, 1.54) is 0 Å². The van der Waals surface area contributed by atoms with Crippen LogP contribution in [0.3, 0.4) is 0 Å². The minimum Gasteiger partial charge on any atom is -0.380 e. The van der Waals surface area contributed by atoms with Crippen molar-refractivity contribution in [3.8, 4) is 0 Å². The van der Waals surface area contributed by atoms with Gasteiger partial charge in [-0.05, 0) is 14.0 Å². The van der Waals surface area contributed by atoms with Gasteiger partial charge in [0.05, 0.1) is 19.8 Å². The lowest BCUT2D eigenvalue weighted by Gasteiger charge is -2.19. The van der Waals surface area contributed by atoms with Crippen LogP contribution in [-0.4, -0.2) is 57.8 Å². The number of hydrogen-bond acceptors (Lipinski definition) is 4. The highest BCUT2D eigenvalue weighted by Crippen LogP contribution is 2.04. The van der Waals surface area contributed by atoms with Crippen molar-refractivity contribution in [3.05, 3.63) is 0 Å². The average Bonchev–Trinajstić information content (AvgIpc) is 2.57. The van der Waals surface area contributed by atoms with Crippen molar-refractivity contribution in [2.45, 2.75) is 13.2 Å². The Morgan fingerprint density at radius 3 is 2.69 bits per heavy atom. The van der Waals surface area contributed by atoms with Crippen LogP contribution in [-0.2, 0) is 14.2 Å². The van der Waals surface area contributed by atoms with E-state index in [2.05, 4.69) is 4.90 Å². The molecular formula is C9H19NO3. The zero-order valence-electron chi connectivity index (χ0n) is 8.49. The third-order valence-corrected chi connectivity index (χ3v) is 1.97. The van der Waals surface area contributed by atoms with Gasteiger partial charge in [-0.2, -0.15) is 0 Å². The lowest BCUT2D eigenvalue weighted by atomic mass is 10.5. The van der Waals surface area contributed by atoms with Gasteiger partial charge in [-0.15, -0.1) is 0 Å². The van der Waals surface area contributed by atoms with Crippen molar-refractivity contribution < 1.29 is 14.2 Å². The minimum atomic E-state index is -0.0355. The van der Waals surface area contributed by atoms with Crippen LogP contribution in [0.1, 0.15) is 6.92 Å². The topological polar surface area (TPSA) is 30.9 Å². The molecule has 13 heavy (non-hydrogen) atoms. The van der Waals surface area contributed by atoms with E-state index in [4.69, 9.17) is 14.2 Å². The first-order chi connectivity index (χ1) is 6.33. The van der Waals surface area contributed by atoms with E-state index in [9.17, 15) is 0 Å². The predicted octanol–water partition coefficient (Wildman–Crippen LogP) is 0.328. The maximum Gasteiger partial charge on any atom is 0.170 e. The van der Waals surface area contributed by atoms with Gasteiger partial charge in [0.25, 0.3) is 0 Å². The summed E-state index contributed by atoms with van der Waals surface area (Å²) in [6, 6.07) is 0. The largest absolute Gasteiger partial charge is 0.380 e.